The van der Waals surface area contributed by atoms with E-state index in [1.807, 2.05) is 18.5 Å². The van der Waals surface area contributed by atoms with E-state index in [0.717, 1.165) is 38.3 Å². The van der Waals surface area contributed by atoms with Gasteiger partial charge in [-0.15, -0.1) is 0 Å². The number of nitrogens with zero attached hydrogens (tertiary/aromatic N) is 2. The zero-order chi connectivity index (χ0) is 14.8. The Labute approximate surface area is 120 Å². The van der Waals surface area contributed by atoms with Crippen LogP contribution in [0, 0.1) is 5.92 Å². The van der Waals surface area contributed by atoms with Gasteiger partial charge in [0.2, 0.25) is 10.0 Å². The predicted molar refractivity (Wildman–Crippen MR) is 75.9 cm³/mol. The fourth-order valence-electron chi connectivity index (χ4n) is 2.76. The fourth-order valence-corrected chi connectivity index (χ4v) is 3.85. The first-order chi connectivity index (χ1) is 9.47. The topological polar surface area (TPSA) is 87.2 Å². The molecule has 0 aliphatic carbocycles. The molecule has 1 fully saturated rings. The van der Waals surface area contributed by atoms with E-state index in [-0.39, 0.29) is 4.90 Å². The molecule has 1 aliphatic heterocycles. The first-order valence-corrected chi connectivity index (χ1v) is 8.71. The van der Waals surface area contributed by atoms with Crippen molar-refractivity contribution in [3.05, 3.63) is 11.4 Å². The lowest BCUT2D eigenvalue weighted by atomic mass is 10.0. The van der Waals surface area contributed by atoms with Crippen LogP contribution in [0.1, 0.15) is 38.1 Å². The second-order valence-electron chi connectivity index (χ2n) is 5.21. The maximum atomic E-state index is 11.8. The first-order valence-electron chi connectivity index (χ1n) is 7.16. The standard InChI is InChI=1S/C13H23N3O3S/c1-3-11-13(20(14,17)18)12(4-2)16(15-11)9-10-5-7-19-8-6-10/h10H,3-9H2,1-2H3,(H2,14,17,18). The Morgan fingerprint density at radius 1 is 1.30 bits per heavy atom. The van der Waals surface area contributed by atoms with Crippen LogP contribution in [0.4, 0.5) is 0 Å². The lowest BCUT2D eigenvalue weighted by molar-refractivity contribution is 0.0598. The minimum atomic E-state index is -3.72. The van der Waals surface area contributed by atoms with Crippen molar-refractivity contribution >= 4 is 10.0 Å². The van der Waals surface area contributed by atoms with Crippen LogP contribution >= 0.6 is 0 Å². The summed E-state index contributed by atoms with van der Waals surface area (Å²) < 4.78 is 30.8. The fraction of sp³-hybridized carbons (Fsp3) is 0.769. The van der Waals surface area contributed by atoms with Gasteiger partial charge in [0.15, 0.2) is 0 Å². The molecule has 2 N–H and O–H groups in total. The van der Waals surface area contributed by atoms with E-state index < -0.39 is 10.0 Å². The van der Waals surface area contributed by atoms with Gasteiger partial charge >= 0.3 is 0 Å². The summed E-state index contributed by atoms with van der Waals surface area (Å²) in [5.74, 6) is 0.493. The van der Waals surface area contributed by atoms with Crippen LogP contribution in [0.5, 0.6) is 0 Å². The molecule has 0 amide bonds. The van der Waals surface area contributed by atoms with Crippen molar-refractivity contribution in [3.8, 4) is 0 Å². The third-order valence-corrected chi connectivity index (χ3v) is 4.84. The van der Waals surface area contributed by atoms with Crippen LogP contribution in [0.3, 0.4) is 0 Å². The molecule has 1 saturated heterocycles. The van der Waals surface area contributed by atoms with Crippen molar-refractivity contribution in [1.29, 1.82) is 0 Å². The molecule has 0 unspecified atom stereocenters. The van der Waals surface area contributed by atoms with Gasteiger partial charge in [-0.2, -0.15) is 5.10 Å². The van der Waals surface area contributed by atoms with Crippen molar-refractivity contribution in [2.45, 2.75) is 51.0 Å². The van der Waals surface area contributed by atoms with Gasteiger partial charge in [0.25, 0.3) is 0 Å². The molecular formula is C13H23N3O3S. The van der Waals surface area contributed by atoms with Gasteiger partial charge in [-0.1, -0.05) is 13.8 Å². The summed E-state index contributed by atoms with van der Waals surface area (Å²) in [7, 11) is -3.72. The van der Waals surface area contributed by atoms with Gasteiger partial charge in [0.1, 0.15) is 4.90 Å². The summed E-state index contributed by atoms with van der Waals surface area (Å²) >= 11 is 0. The Bertz CT molecular complexity index is 560. The number of hydrogen-bond acceptors (Lipinski definition) is 4. The van der Waals surface area contributed by atoms with E-state index in [1.165, 1.54) is 0 Å². The second kappa shape index (κ2) is 6.24. The number of rotatable bonds is 5. The average Bonchev–Trinajstić information content (AvgIpc) is 2.77. The molecule has 7 heteroatoms. The van der Waals surface area contributed by atoms with Crippen LogP contribution in [-0.2, 0) is 34.1 Å². The van der Waals surface area contributed by atoms with E-state index >= 15 is 0 Å². The van der Waals surface area contributed by atoms with Crippen molar-refractivity contribution < 1.29 is 13.2 Å². The number of aryl methyl sites for hydroxylation is 1. The average molecular weight is 301 g/mol. The number of sulfonamides is 1. The molecule has 0 spiro atoms. The van der Waals surface area contributed by atoms with Crippen molar-refractivity contribution in [2.75, 3.05) is 13.2 Å². The molecule has 1 aromatic rings. The molecule has 1 aliphatic rings. The van der Waals surface area contributed by atoms with Crippen LogP contribution in [-0.4, -0.2) is 31.4 Å². The molecule has 0 aromatic carbocycles. The van der Waals surface area contributed by atoms with E-state index in [2.05, 4.69) is 5.10 Å². The molecule has 2 heterocycles. The summed E-state index contributed by atoms with van der Waals surface area (Å²) in [5, 5.41) is 9.83. The van der Waals surface area contributed by atoms with E-state index in [9.17, 15) is 8.42 Å². The van der Waals surface area contributed by atoms with Gasteiger partial charge in [-0.05, 0) is 31.6 Å². The highest BCUT2D eigenvalue weighted by molar-refractivity contribution is 7.89. The van der Waals surface area contributed by atoms with Crippen LogP contribution in [0.15, 0.2) is 4.90 Å². The third-order valence-electron chi connectivity index (χ3n) is 3.80. The van der Waals surface area contributed by atoms with Gasteiger partial charge < -0.3 is 4.74 Å². The molecule has 6 nitrogen and oxygen atoms in total. The summed E-state index contributed by atoms with van der Waals surface area (Å²) in [4.78, 5) is 0.231. The van der Waals surface area contributed by atoms with Gasteiger partial charge in [0, 0.05) is 19.8 Å². The Morgan fingerprint density at radius 3 is 2.45 bits per heavy atom. The summed E-state index contributed by atoms with van der Waals surface area (Å²) in [6, 6.07) is 0. The van der Waals surface area contributed by atoms with E-state index in [1.54, 1.807) is 0 Å². The molecule has 0 bridgehead atoms. The van der Waals surface area contributed by atoms with Crippen molar-refractivity contribution in [2.24, 2.45) is 11.1 Å². The van der Waals surface area contributed by atoms with Crippen LogP contribution in [0.2, 0.25) is 0 Å². The normalized spacial score (nSPS) is 17.6. The second-order valence-corrected chi connectivity index (χ2v) is 6.71. The molecule has 0 radical (unpaired) electrons. The summed E-state index contributed by atoms with van der Waals surface area (Å²) in [6.45, 7) is 6.13. The molecule has 0 atom stereocenters. The molecular weight excluding hydrogens is 278 g/mol. The van der Waals surface area contributed by atoms with E-state index in [0.29, 0.717) is 24.5 Å². The number of nitrogens with two attached hydrogens (primary N) is 1. The Balaban J connectivity index is 2.35. The minimum absolute atomic E-state index is 0.231. The first kappa shape index (κ1) is 15.5. The van der Waals surface area contributed by atoms with Gasteiger partial charge in [0.05, 0.1) is 11.4 Å². The third kappa shape index (κ3) is 3.21. The number of aromatic nitrogens is 2. The smallest absolute Gasteiger partial charge is 0.241 e. The largest absolute Gasteiger partial charge is 0.381 e. The molecule has 1 aromatic heterocycles. The van der Waals surface area contributed by atoms with Gasteiger partial charge in [-0.25, -0.2) is 13.6 Å². The molecule has 0 saturated carbocycles. The van der Waals surface area contributed by atoms with Gasteiger partial charge in [-0.3, -0.25) is 4.68 Å². The molecule has 2 rings (SSSR count). The highest BCUT2D eigenvalue weighted by Crippen LogP contribution is 2.24. The molecule has 114 valence electrons. The van der Waals surface area contributed by atoms with Crippen molar-refractivity contribution in [1.82, 2.24) is 9.78 Å². The maximum absolute atomic E-state index is 11.8. The Morgan fingerprint density at radius 2 is 1.95 bits per heavy atom. The van der Waals surface area contributed by atoms with Crippen LogP contribution < -0.4 is 5.14 Å². The number of ether oxygens (including phenoxy) is 1. The Hall–Kier alpha value is -0.920. The quantitative estimate of drug-likeness (QED) is 0.881. The lowest BCUT2D eigenvalue weighted by Crippen LogP contribution is -2.22. The minimum Gasteiger partial charge on any atom is -0.381 e. The summed E-state index contributed by atoms with van der Waals surface area (Å²) in [6.07, 6.45) is 3.17. The SMILES string of the molecule is CCc1nn(CC2CCOCC2)c(CC)c1S(N)(=O)=O. The Kier molecular flexibility index (Phi) is 4.82. The highest BCUT2D eigenvalue weighted by atomic mass is 32.2. The van der Waals surface area contributed by atoms with Crippen molar-refractivity contribution in [3.63, 3.8) is 0 Å². The zero-order valence-electron chi connectivity index (χ0n) is 12.1. The number of hydrogen-bond donors (Lipinski definition) is 1. The van der Waals surface area contributed by atoms with E-state index in [4.69, 9.17) is 9.88 Å². The highest BCUT2D eigenvalue weighted by Gasteiger charge is 2.25. The lowest BCUT2D eigenvalue weighted by Gasteiger charge is -2.22. The van der Waals surface area contributed by atoms with Crippen LogP contribution in [0.25, 0.3) is 0 Å². The molecule has 20 heavy (non-hydrogen) atoms. The predicted octanol–water partition coefficient (Wildman–Crippen LogP) is 1.08. The zero-order valence-corrected chi connectivity index (χ0v) is 12.9. The summed E-state index contributed by atoms with van der Waals surface area (Å²) in [5.41, 5.74) is 1.31. The monoisotopic (exact) mass is 301 g/mol. The number of primary sulfonamides is 1. The maximum Gasteiger partial charge on any atom is 0.241 e.